The second-order valence-electron chi connectivity index (χ2n) is 7.66. The summed E-state index contributed by atoms with van der Waals surface area (Å²) in [4.78, 5) is 29.1. The van der Waals surface area contributed by atoms with Gasteiger partial charge in [0.2, 0.25) is 11.8 Å². The van der Waals surface area contributed by atoms with Crippen molar-refractivity contribution in [1.29, 1.82) is 5.26 Å². The first-order valence-corrected chi connectivity index (χ1v) is 9.90. The summed E-state index contributed by atoms with van der Waals surface area (Å²) in [6.45, 7) is 8.67. The summed E-state index contributed by atoms with van der Waals surface area (Å²) in [5, 5.41) is 14.0. The molecule has 7 nitrogen and oxygen atoms in total. The normalized spacial score (nSPS) is 16.4. The minimum absolute atomic E-state index is 0.0489. The van der Waals surface area contributed by atoms with E-state index < -0.39 is 6.04 Å². The molecule has 28 heavy (non-hydrogen) atoms. The highest BCUT2D eigenvalue weighted by atomic mass is 16.2. The number of rotatable bonds is 9. The molecular weight excluding hydrogens is 354 g/mol. The molecule has 0 radical (unpaired) electrons. The Kier molecular flexibility index (Phi) is 8.92. The van der Waals surface area contributed by atoms with Gasteiger partial charge in [-0.25, -0.2) is 0 Å². The Hall–Kier alpha value is -2.43. The van der Waals surface area contributed by atoms with Crippen LogP contribution in [0.4, 0.5) is 0 Å². The van der Waals surface area contributed by atoms with Crippen LogP contribution in [0.3, 0.4) is 0 Å². The van der Waals surface area contributed by atoms with E-state index in [-0.39, 0.29) is 24.3 Å². The SMILES string of the molecule is CC(C)CC(NC(=O)CN1CCN(Cc2ccccc2)CC1)C(=O)NCC#N. The van der Waals surface area contributed by atoms with Crippen LogP contribution in [0.2, 0.25) is 0 Å². The van der Waals surface area contributed by atoms with Crippen molar-refractivity contribution in [2.24, 2.45) is 5.92 Å². The molecule has 0 spiro atoms. The van der Waals surface area contributed by atoms with Crippen LogP contribution in [0, 0.1) is 17.2 Å². The third-order valence-corrected chi connectivity index (χ3v) is 4.78. The molecule has 0 bridgehead atoms. The summed E-state index contributed by atoms with van der Waals surface area (Å²) in [5.74, 6) is -0.176. The van der Waals surface area contributed by atoms with Crippen molar-refractivity contribution < 1.29 is 9.59 Å². The summed E-state index contributed by atoms with van der Waals surface area (Å²) in [5.41, 5.74) is 1.30. The number of piperazine rings is 1. The van der Waals surface area contributed by atoms with E-state index in [1.807, 2.05) is 26.0 Å². The van der Waals surface area contributed by atoms with Crippen LogP contribution >= 0.6 is 0 Å². The maximum Gasteiger partial charge on any atom is 0.243 e. The lowest BCUT2D eigenvalue weighted by Crippen LogP contribution is -2.53. The van der Waals surface area contributed by atoms with E-state index >= 15 is 0 Å². The van der Waals surface area contributed by atoms with E-state index in [1.54, 1.807) is 0 Å². The van der Waals surface area contributed by atoms with Crippen LogP contribution in [-0.4, -0.2) is 66.9 Å². The Bertz CT molecular complexity index is 663. The Balaban J connectivity index is 1.77. The molecule has 0 saturated carbocycles. The first-order valence-electron chi connectivity index (χ1n) is 9.90. The van der Waals surface area contributed by atoms with Crippen molar-refractivity contribution in [3.05, 3.63) is 35.9 Å². The average molecular weight is 386 g/mol. The van der Waals surface area contributed by atoms with Gasteiger partial charge < -0.3 is 10.6 Å². The van der Waals surface area contributed by atoms with Crippen molar-refractivity contribution in [1.82, 2.24) is 20.4 Å². The molecule has 1 unspecified atom stereocenters. The molecule has 0 aromatic heterocycles. The molecule has 7 heteroatoms. The van der Waals surface area contributed by atoms with E-state index in [0.29, 0.717) is 13.0 Å². The highest BCUT2D eigenvalue weighted by Gasteiger charge is 2.24. The van der Waals surface area contributed by atoms with E-state index in [9.17, 15) is 9.59 Å². The minimum atomic E-state index is -0.597. The van der Waals surface area contributed by atoms with Gasteiger partial charge in [-0.1, -0.05) is 44.2 Å². The molecule has 2 rings (SSSR count). The first kappa shape index (κ1) is 21.9. The third-order valence-electron chi connectivity index (χ3n) is 4.78. The zero-order valence-corrected chi connectivity index (χ0v) is 16.9. The first-order chi connectivity index (χ1) is 13.5. The summed E-state index contributed by atoms with van der Waals surface area (Å²) in [6, 6.07) is 11.7. The topological polar surface area (TPSA) is 88.5 Å². The van der Waals surface area contributed by atoms with Crippen LogP contribution < -0.4 is 10.6 Å². The predicted molar refractivity (Wildman–Crippen MR) is 108 cm³/mol. The average Bonchev–Trinajstić information content (AvgIpc) is 2.67. The number of hydrogen-bond donors (Lipinski definition) is 2. The molecule has 1 aliphatic rings. The zero-order valence-electron chi connectivity index (χ0n) is 16.9. The number of carbonyl (C=O) groups excluding carboxylic acids is 2. The molecule has 2 amide bonds. The van der Waals surface area contributed by atoms with Gasteiger partial charge in [-0.2, -0.15) is 5.26 Å². The lowest BCUT2D eigenvalue weighted by atomic mass is 10.0. The highest BCUT2D eigenvalue weighted by molar-refractivity contribution is 5.88. The zero-order chi connectivity index (χ0) is 20.4. The second-order valence-corrected chi connectivity index (χ2v) is 7.66. The minimum Gasteiger partial charge on any atom is -0.343 e. The third kappa shape index (κ3) is 7.67. The van der Waals surface area contributed by atoms with Gasteiger partial charge in [0.05, 0.1) is 12.6 Å². The Morgan fingerprint density at radius 2 is 1.75 bits per heavy atom. The van der Waals surface area contributed by atoms with Crippen molar-refractivity contribution in [2.45, 2.75) is 32.9 Å². The molecule has 2 N–H and O–H groups in total. The number of nitrogens with zero attached hydrogens (tertiary/aromatic N) is 3. The number of carbonyl (C=O) groups is 2. The number of benzene rings is 1. The summed E-state index contributed by atoms with van der Waals surface area (Å²) in [6.07, 6.45) is 0.549. The van der Waals surface area contributed by atoms with Crippen molar-refractivity contribution in [2.75, 3.05) is 39.3 Å². The maximum absolute atomic E-state index is 12.4. The fourth-order valence-corrected chi connectivity index (χ4v) is 3.34. The second kappa shape index (κ2) is 11.4. The Morgan fingerprint density at radius 3 is 2.36 bits per heavy atom. The van der Waals surface area contributed by atoms with Crippen LogP contribution in [0.25, 0.3) is 0 Å². The van der Waals surface area contributed by atoms with E-state index in [0.717, 1.165) is 32.7 Å². The number of amides is 2. The fraction of sp³-hybridized carbons (Fsp3) is 0.571. The quantitative estimate of drug-likeness (QED) is 0.619. The van der Waals surface area contributed by atoms with E-state index in [1.165, 1.54) is 5.56 Å². The maximum atomic E-state index is 12.4. The summed E-state index contributed by atoms with van der Waals surface area (Å²) >= 11 is 0. The van der Waals surface area contributed by atoms with Gasteiger partial charge in [-0.3, -0.25) is 19.4 Å². The van der Waals surface area contributed by atoms with Gasteiger partial charge >= 0.3 is 0 Å². The lowest BCUT2D eigenvalue weighted by molar-refractivity contribution is -0.130. The van der Waals surface area contributed by atoms with Crippen LogP contribution in [0.5, 0.6) is 0 Å². The van der Waals surface area contributed by atoms with Gasteiger partial charge in [0, 0.05) is 32.7 Å². The predicted octanol–water partition coefficient (Wildman–Crippen LogP) is 0.975. The standard InChI is InChI=1S/C21H31N5O2/c1-17(2)14-19(21(28)23-9-8-22)24-20(27)16-26-12-10-25(11-13-26)15-18-6-4-3-5-7-18/h3-7,17,19H,9-16H2,1-2H3,(H,23,28)(H,24,27). The number of hydrogen-bond acceptors (Lipinski definition) is 5. The molecule has 1 atom stereocenters. The van der Waals surface area contributed by atoms with Crippen LogP contribution in [0.1, 0.15) is 25.8 Å². The largest absolute Gasteiger partial charge is 0.343 e. The van der Waals surface area contributed by atoms with Gasteiger partial charge in [0.15, 0.2) is 0 Å². The molecule has 1 heterocycles. The molecule has 152 valence electrons. The van der Waals surface area contributed by atoms with Gasteiger partial charge in [-0.05, 0) is 17.9 Å². The number of nitriles is 1. The summed E-state index contributed by atoms with van der Waals surface area (Å²) < 4.78 is 0. The van der Waals surface area contributed by atoms with Gasteiger partial charge in [0.1, 0.15) is 12.6 Å². The van der Waals surface area contributed by atoms with Crippen molar-refractivity contribution in [3.8, 4) is 6.07 Å². The molecule has 0 aliphatic carbocycles. The Labute approximate surface area is 167 Å². The smallest absolute Gasteiger partial charge is 0.243 e. The van der Waals surface area contributed by atoms with E-state index in [2.05, 4.69) is 44.7 Å². The van der Waals surface area contributed by atoms with E-state index in [4.69, 9.17) is 5.26 Å². The molecule has 1 aromatic carbocycles. The number of nitrogens with one attached hydrogen (secondary N) is 2. The van der Waals surface area contributed by atoms with Crippen molar-refractivity contribution >= 4 is 11.8 Å². The molecular formula is C21H31N5O2. The summed E-state index contributed by atoms with van der Waals surface area (Å²) in [7, 11) is 0. The van der Waals surface area contributed by atoms with Gasteiger partial charge in [0.25, 0.3) is 0 Å². The highest BCUT2D eigenvalue weighted by Crippen LogP contribution is 2.09. The fourth-order valence-electron chi connectivity index (χ4n) is 3.34. The van der Waals surface area contributed by atoms with Crippen molar-refractivity contribution in [3.63, 3.8) is 0 Å². The molecule has 1 aromatic rings. The molecule has 1 aliphatic heterocycles. The Morgan fingerprint density at radius 1 is 1.11 bits per heavy atom. The molecule has 1 fully saturated rings. The lowest BCUT2D eigenvalue weighted by Gasteiger charge is -2.34. The monoisotopic (exact) mass is 385 g/mol. The van der Waals surface area contributed by atoms with Crippen LogP contribution in [0.15, 0.2) is 30.3 Å². The molecule has 1 saturated heterocycles. The van der Waals surface area contributed by atoms with Crippen LogP contribution in [-0.2, 0) is 16.1 Å². The van der Waals surface area contributed by atoms with Gasteiger partial charge in [-0.15, -0.1) is 0 Å².